The molecule has 8 heteroatoms. The summed E-state index contributed by atoms with van der Waals surface area (Å²) >= 11 is 5.84. The molecule has 0 saturated carbocycles. The van der Waals surface area contributed by atoms with Crippen molar-refractivity contribution in [2.75, 3.05) is 13.1 Å². The van der Waals surface area contributed by atoms with E-state index in [2.05, 4.69) is 10.2 Å². The SMILES string of the molecule is O=C(CCC(=O)N1CCC(c2nnc(-c3ccco3)o2)CC1)c1ccc(Cl)cc1. The Morgan fingerprint density at radius 1 is 1.07 bits per heavy atom. The summed E-state index contributed by atoms with van der Waals surface area (Å²) in [5, 5.41) is 8.75. The molecule has 4 rings (SSSR count). The van der Waals surface area contributed by atoms with E-state index in [0.29, 0.717) is 41.2 Å². The standard InChI is InChI=1S/C21H20ClN3O4/c22-16-5-3-14(4-6-16)17(26)7-8-19(27)25-11-9-15(10-12-25)20-23-24-21(29-20)18-2-1-13-28-18/h1-6,13,15H,7-12H2. The average molecular weight is 414 g/mol. The van der Waals surface area contributed by atoms with Gasteiger partial charge in [-0.05, 0) is 49.2 Å². The third-order valence-electron chi connectivity index (χ3n) is 5.10. The molecule has 0 aliphatic carbocycles. The molecule has 1 aromatic carbocycles. The number of nitrogens with zero attached hydrogens (tertiary/aromatic N) is 3. The van der Waals surface area contributed by atoms with Crippen LogP contribution in [0, 0.1) is 0 Å². The van der Waals surface area contributed by atoms with Crippen molar-refractivity contribution in [1.29, 1.82) is 0 Å². The Bertz CT molecular complexity index is 974. The number of carbonyl (C=O) groups excluding carboxylic acids is 2. The van der Waals surface area contributed by atoms with Gasteiger partial charge in [0.25, 0.3) is 5.89 Å². The van der Waals surface area contributed by atoms with Gasteiger partial charge in [0.15, 0.2) is 11.5 Å². The number of hydrogen-bond donors (Lipinski definition) is 0. The normalized spacial score (nSPS) is 14.9. The summed E-state index contributed by atoms with van der Waals surface area (Å²) < 4.78 is 11.0. The Hall–Kier alpha value is -2.93. The van der Waals surface area contributed by atoms with Crippen molar-refractivity contribution in [2.24, 2.45) is 0 Å². The summed E-state index contributed by atoms with van der Waals surface area (Å²) in [5.74, 6) is 1.53. The maximum Gasteiger partial charge on any atom is 0.283 e. The molecule has 0 unspecified atom stereocenters. The highest BCUT2D eigenvalue weighted by Gasteiger charge is 2.28. The number of furan rings is 1. The van der Waals surface area contributed by atoms with E-state index in [1.54, 1.807) is 47.6 Å². The average Bonchev–Trinajstić information content (AvgIpc) is 3.44. The van der Waals surface area contributed by atoms with E-state index in [1.807, 2.05) is 0 Å². The third kappa shape index (κ3) is 4.56. The van der Waals surface area contributed by atoms with Crippen LogP contribution in [-0.2, 0) is 4.79 Å². The molecule has 1 saturated heterocycles. The molecule has 3 heterocycles. The molecule has 7 nitrogen and oxygen atoms in total. The number of Topliss-reactive ketones (excluding diaryl/α,β-unsaturated/α-hetero) is 1. The number of amides is 1. The first-order valence-corrected chi connectivity index (χ1v) is 9.92. The van der Waals surface area contributed by atoms with Crippen LogP contribution in [-0.4, -0.2) is 39.9 Å². The molecule has 0 atom stereocenters. The number of hydrogen-bond acceptors (Lipinski definition) is 6. The second kappa shape index (κ2) is 8.61. The second-order valence-electron chi connectivity index (χ2n) is 7.01. The molecule has 3 aromatic rings. The van der Waals surface area contributed by atoms with Crippen LogP contribution in [0.5, 0.6) is 0 Å². The summed E-state index contributed by atoms with van der Waals surface area (Å²) in [4.78, 5) is 26.5. The van der Waals surface area contributed by atoms with Crippen molar-refractivity contribution < 1.29 is 18.4 Å². The van der Waals surface area contributed by atoms with Crippen LogP contribution < -0.4 is 0 Å². The van der Waals surface area contributed by atoms with Crippen LogP contribution in [0.2, 0.25) is 5.02 Å². The summed E-state index contributed by atoms with van der Waals surface area (Å²) in [6.45, 7) is 1.22. The number of halogens is 1. The maximum absolute atomic E-state index is 12.5. The molecule has 29 heavy (non-hydrogen) atoms. The predicted molar refractivity (Wildman–Crippen MR) is 106 cm³/mol. The number of carbonyl (C=O) groups is 2. The number of rotatable bonds is 6. The summed E-state index contributed by atoms with van der Waals surface area (Å²) in [6, 6.07) is 10.3. The lowest BCUT2D eigenvalue weighted by Gasteiger charge is -2.30. The van der Waals surface area contributed by atoms with Crippen LogP contribution in [0.3, 0.4) is 0 Å². The first kappa shape index (κ1) is 19.4. The van der Waals surface area contributed by atoms with Crippen molar-refractivity contribution >= 4 is 23.3 Å². The van der Waals surface area contributed by atoms with Gasteiger partial charge >= 0.3 is 0 Å². The van der Waals surface area contributed by atoms with Crippen molar-refractivity contribution in [2.45, 2.75) is 31.6 Å². The minimum Gasteiger partial charge on any atom is -0.459 e. The first-order chi connectivity index (χ1) is 14.1. The van der Waals surface area contributed by atoms with Crippen LogP contribution in [0.25, 0.3) is 11.7 Å². The molecule has 1 aliphatic rings. The topological polar surface area (TPSA) is 89.4 Å². The monoisotopic (exact) mass is 413 g/mol. The van der Waals surface area contributed by atoms with Gasteiger partial charge in [0.2, 0.25) is 11.8 Å². The van der Waals surface area contributed by atoms with E-state index in [1.165, 1.54) is 0 Å². The largest absolute Gasteiger partial charge is 0.459 e. The molecule has 0 N–H and O–H groups in total. The first-order valence-electron chi connectivity index (χ1n) is 9.54. The minimum absolute atomic E-state index is 0.00688. The Morgan fingerprint density at radius 2 is 1.83 bits per heavy atom. The number of benzene rings is 1. The molecular weight excluding hydrogens is 394 g/mol. The Labute approximate surface area is 172 Å². The van der Waals surface area contributed by atoms with Gasteiger partial charge in [-0.25, -0.2) is 0 Å². The Morgan fingerprint density at radius 3 is 2.52 bits per heavy atom. The fraction of sp³-hybridized carbons (Fsp3) is 0.333. The van der Waals surface area contributed by atoms with E-state index in [4.69, 9.17) is 20.4 Å². The Balaban J connectivity index is 1.26. The predicted octanol–water partition coefficient (Wildman–Crippen LogP) is 4.35. The lowest BCUT2D eigenvalue weighted by molar-refractivity contribution is -0.132. The lowest BCUT2D eigenvalue weighted by atomic mass is 9.96. The molecule has 1 amide bonds. The van der Waals surface area contributed by atoms with E-state index in [-0.39, 0.29) is 30.4 Å². The van der Waals surface area contributed by atoms with Crippen molar-refractivity contribution in [1.82, 2.24) is 15.1 Å². The van der Waals surface area contributed by atoms with Crippen molar-refractivity contribution in [3.63, 3.8) is 0 Å². The smallest absolute Gasteiger partial charge is 0.283 e. The number of likely N-dealkylation sites (tertiary alicyclic amines) is 1. The Kier molecular flexibility index (Phi) is 5.76. The van der Waals surface area contributed by atoms with Gasteiger partial charge in [0, 0.05) is 42.4 Å². The minimum atomic E-state index is -0.0544. The molecule has 0 spiro atoms. The van der Waals surface area contributed by atoms with Crippen LogP contribution >= 0.6 is 11.6 Å². The second-order valence-corrected chi connectivity index (χ2v) is 7.44. The molecule has 1 fully saturated rings. The van der Waals surface area contributed by atoms with Crippen molar-refractivity contribution in [3.8, 4) is 11.7 Å². The third-order valence-corrected chi connectivity index (χ3v) is 5.35. The molecule has 0 bridgehead atoms. The highest BCUT2D eigenvalue weighted by molar-refractivity contribution is 6.30. The highest BCUT2D eigenvalue weighted by atomic mass is 35.5. The fourth-order valence-corrected chi connectivity index (χ4v) is 3.56. The van der Waals surface area contributed by atoms with Gasteiger partial charge in [0.05, 0.1) is 6.26 Å². The van der Waals surface area contributed by atoms with E-state index < -0.39 is 0 Å². The van der Waals surface area contributed by atoms with Crippen LogP contribution in [0.4, 0.5) is 0 Å². The summed E-state index contributed by atoms with van der Waals surface area (Å²) in [5.41, 5.74) is 0.574. The maximum atomic E-state index is 12.5. The van der Waals surface area contributed by atoms with Crippen LogP contribution in [0.15, 0.2) is 51.5 Å². The number of ketones is 1. The molecule has 2 aromatic heterocycles. The quantitative estimate of drug-likeness (QED) is 0.558. The molecular formula is C21H20ClN3O4. The molecule has 150 valence electrons. The summed E-state index contributed by atoms with van der Waals surface area (Å²) in [7, 11) is 0. The van der Waals surface area contributed by atoms with Gasteiger partial charge < -0.3 is 13.7 Å². The van der Waals surface area contributed by atoms with Crippen molar-refractivity contribution in [3.05, 3.63) is 59.1 Å². The zero-order valence-electron chi connectivity index (χ0n) is 15.7. The lowest BCUT2D eigenvalue weighted by Crippen LogP contribution is -2.38. The van der Waals surface area contributed by atoms with E-state index >= 15 is 0 Å². The van der Waals surface area contributed by atoms with E-state index in [0.717, 1.165) is 12.8 Å². The highest BCUT2D eigenvalue weighted by Crippen LogP contribution is 2.29. The fourth-order valence-electron chi connectivity index (χ4n) is 3.43. The van der Waals surface area contributed by atoms with Gasteiger partial charge in [-0.2, -0.15) is 0 Å². The molecule has 0 radical (unpaired) electrons. The molecule has 1 aliphatic heterocycles. The number of aromatic nitrogens is 2. The zero-order valence-corrected chi connectivity index (χ0v) is 16.5. The zero-order chi connectivity index (χ0) is 20.2. The van der Waals surface area contributed by atoms with Gasteiger partial charge in [-0.3, -0.25) is 9.59 Å². The van der Waals surface area contributed by atoms with E-state index in [9.17, 15) is 9.59 Å². The number of piperidine rings is 1. The van der Waals surface area contributed by atoms with Crippen LogP contribution in [0.1, 0.15) is 47.8 Å². The van der Waals surface area contributed by atoms with Gasteiger partial charge in [-0.1, -0.05) is 11.6 Å². The van der Waals surface area contributed by atoms with Gasteiger partial charge in [-0.15, -0.1) is 10.2 Å². The summed E-state index contributed by atoms with van der Waals surface area (Å²) in [6.07, 6.45) is 3.44. The van der Waals surface area contributed by atoms with Gasteiger partial charge in [0.1, 0.15) is 0 Å².